The summed E-state index contributed by atoms with van der Waals surface area (Å²) in [5, 5.41) is 3.24. The molecule has 0 bridgehead atoms. The summed E-state index contributed by atoms with van der Waals surface area (Å²) in [4.78, 5) is 5.32. The zero-order valence-corrected chi connectivity index (χ0v) is 7.64. The minimum Gasteiger partial charge on any atom is -0.324 e. The normalized spacial score (nSPS) is 13.5. The van der Waals surface area contributed by atoms with Crippen molar-refractivity contribution in [1.29, 1.82) is 0 Å². The Morgan fingerprint density at radius 2 is 2.33 bits per heavy atom. The standard InChI is InChI=1S/C9H10N2S/c1-6(10)7-2-4-11-9-8(7)3-5-12-9/h2-6H,10H2,1H3. The molecule has 0 saturated carbocycles. The van der Waals surface area contributed by atoms with E-state index in [9.17, 15) is 0 Å². The molecule has 0 radical (unpaired) electrons. The van der Waals surface area contributed by atoms with Gasteiger partial charge in [0.2, 0.25) is 0 Å². The largest absolute Gasteiger partial charge is 0.324 e. The molecule has 0 amide bonds. The molecule has 0 aliphatic heterocycles. The van der Waals surface area contributed by atoms with Gasteiger partial charge in [0.1, 0.15) is 4.83 Å². The Labute approximate surface area is 75.0 Å². The lowest BCUT2D eigenvalue weighted by molar-refractivity contribution is 0.825. The van der Waals surface area contributed by atoms with Crippen LogP contribution in [0.2, 0.25) is 0 Å². The van der Waals surface area contributed by atoms with Gasteiger partial charge in [0.25, 0.3) is 0 Å². The van der Waals surface area contributed by atoms with Crippen LogP contribution >= 0.6 is 11.3 Å². The number of hydrogen-bond donors (Lipinski definition) is 1. The molecule has 62 valence electrons. The molecule has 0 spiro atoms. The molecule has 0 aromatic carbocycles. The van der Waals surface area contributed by atoms with Crippen LogP contribution in [0.4, 0.5) is 0 Å². The summed E-state index contributed by atoms with van der Waals surface area (Å²) in [6.07, 6.45) is 1.82. The summed E-state index contributed by atoms with van der Waals surface area (Å²) in [5.74, 6) is 0. The zero-order chi connectivity index (χ0) is 8.55. The van der Waals surface area contributed by atoms with Crippen molar-refractivity contribution in [2.24, 2.45) is 5.73 Å². The first-order valence-electron chi connectivity index (χ1n) is 3.87. The Hall–Kier alpha value is -0.930. The van der Waals surface area contributed by atoms with Gasteiger partial charge in [0.05, 0.1) is 0 Å². The van der Waals surface area contributed by atoms with Gasteiger partial charge in [-0.3, -0.25) is 0 Å². The number of nitrogens with zero attached hydrogens (tertiary/aromatic N) is 1. The fraction of sp³-hybridized carbons (Fsp3) is 0.222. The highest BCUT2D eigenvalue weighted by Crippen LogP contribution is 2.24. The summed E-state index contributed by atoms with van der Waals surface area (Å²) in [7, 11) is 0. The Bertz CT molecular complexity index is 392. The molecular weight excluding hydrogens is 168 g/mol. The molecule has 2 aromatic heterocycles. The number of fused-ring (bicyclic) bond motifs is 1. The summed E-state index contributed by atoms with van der Waals surface area (Å²) < 4.78 is 0. The van der Waals surface area contributed by atoms with Gasteiger partial charge in [-0.25, -0.2) is 4.98 Å². The van der Waals surface area contributed by atoms with Crippen LogP contribution in [0.15, 0.2) is 23.7 Å². The van der Waals surface area contributed by atoms with Crippen LogP contribution in [-0.4, -0.2) is 4.98 Å². The highest BCUT2D eigenvalue weighted by atomic mass is 32.1. The van der Waals surface area contributed by atoms with Crippen LogP contribution in [0.3, 0.4) is 0 Å². The maximum absolute atomic E-state index is 5.82. The Balaban J connectivity index is 2.73. The first kappa shape index (κ1) is 7.71. The fourth-order valence-corrected chi connectivity index (χ4v) is 2.06. The first-order chi connectivity index (χ1) is 5.79. The van der Waals surface area contributed by atoms with Crippen molar-refractivity contribution >= 4 is 21.6 Å². The molecule has 0 aliphatic rings. The number of nitrogens with two attached hydrogens (primary N) is 1. The van der Waals surface area contributed by atoms with Gasteiger partial charge in [0, 0.05) is 17.6 Å². The van der Waals surface area contributed by atoms with Gasteiger partial charge in [-0.05, 0) is 30.0 Å². The molecule has 12 heavy (non-hydrogen) atoms. The smallest absolute Gasteiger partial charge is 0.123 e. The third-order valence-electron chi connectivity index (χ3n) is 1.89. The number of rotatable bonds is 1. The first-order valence-corrected chi connectivity index (χ1v) is 4.74. The summed E-state index contributed by atoms with van der Waals surface area (Å²) >= 11 is 1.65. The van der Waals surface area contributed by atoms with E-state index in [0.717, 1.165) is 4.83 Å². The molecule has 0 aliphatic carbocycles. The van der Waals surface area contributed by atoms with E-state index >= 15 is 0 Å². The molecule has 2 aromatic rings. The second kappa shape index (κ2) is 2.84. The second-order valence-electron chi connectivity index (χ2n) is 2.83. The van der Waals surface area contributed by atoms with E-state index in [1.54, 1.807) is 11.3 Å². The van der Waals surface area contributed by atoms with Crippen LogP contribution < -0.4 is 5.73 Å². The summed E-state index contributed by atoms with van der Waals surface area (Å²) in [6.45, 7) is 1.99. The van der Waals surface area contributed by atoms with Crippen molar-refractivity contribution < 1.29 is 0 Å². The van der Waals surface area contributed by atoms with Crippen LogP contribution in [0.1, 0.15) is 18.5 Å². The fourth-order valence-electron chi connectivity index (χ4n) is 1.29. The molecule has 2 nitrogen and oxygen atoms in total. The van der Waals surface area contributed by atoms with Crippen molar-refractivity contribution in [1.82, 2.24) is 4.98 Å². The highest BCUT2D eigenvalue weighted by molar-refractivity contribution is 7.16. The average molecular weight is 178 g/mol. The minimum atomic E-state index is 0.0881. The predicted molar refractivity (Wildman–Crippen MR) is 52.2 cm³/mol. The molecule has 2 heterocycles. The highest BCUT2D eigenvalue weighted by Gasteiger charge is 2.05. The van der Waals surface area contributed by atoms with E-state index in [2.05, 4.69) is 11.1 Å². The van der Waals surface area contributed by atoms with E-state index in [-0.39, 0.29) is 6.04 Å². The second-order valence-corrected chi connectivity index (χ2v) is 3.72. The van der Waals surface area contributed by atoms with Crippen molar-refractivity contribution in [3.8, 4) is 0 Å². The quantitative estimate of drug-likeness (QED) is 0.727. The van der Waals surface area contributed by atoms with Crippen molar-refractivity contribution in [3.05, 3.63) is 29.3 Å². The molecule has 0 saturated heterocycles. The molecule has 0 fully saturated rings. The zero-order valence-electron chi connectivity index (χ0n) is 6.82. The molecule has 2 N–H and O–H groups in total. The van der Waals surface area contributed by atoms with E-state index in [4.69, 9.17) is 5.73 Å². The molecule has 1 atom stereocenters. The lowest BCUT2D eigenvalue weighted by Crippen LogP contribution is -2.04. The van der Waals surface area contributed by atoms with Crippen molar-refractivity contribution in [2.45, 2.75) is 13.0 Å². The lowest BCUT2D eigenvalue weighted by atomic mass is 10.1. The van der Waals surface area contributed by atoms with Crippen LogP contribution in [0.25, 0.3) is 10.2 Å². The van der Waals surface area contributed by atoms with E-state index in [1.807, 2.05) is 24.6 Å². The van der Waals surface area contributed by atoms with E-state index in [1.165, 1.54) is 10.9 Å². The maximum atomic E-state index is 5.82. The molecule has 1 unspecified atom stereocenters. The van der Waals surface area contributed by atoms with Gasteiger partial charge in [-0.15, -0.1) is 11.3 Å². The number of aromatic nitrogens is 1. The topological polar surface area (TPSA) is 38.9 Å². The van der Waals surface area contributed by atoms with Gasteiger partial charge >= 0.3 is 0 Å². The third kappa shape index (κ3) is 1.11. The van der Waals surface area contributed by atoms with E-state index < -0.39 is 0 Å². The Morgan fingerprint density at radius 1 is 1.50 bits per heavy atom. The van der Waals surface area contributed by atoms with Crippen molar-refractivity contribution in [3.63, 3.8) is 0 Å². The van der Waals surface area contributed by atoms with Gasteiger partial charge in [-0.1, -0.05) is 0 Å². The summed E-state index contributed by atoms with van der Waals surface area (Å²) in [5.41, 5.74) is 7.00. The van der Waals surface area contributed by atoms with Crippen LogP contribution in [0.5, 0.6) is 0 Å². The molecular formula is C9H10N2S. The van der Waals surface area contributed by atoms with Gasteiger partial charge in [-0.2, -0.15) is 0 Å². The van der Waals surface area contributed by atoms with Gasteiger partial charge < -0.3 is 5.73 Å². The third-order valence-corrected chi connectivity index (χ3v) is 2.71. The predicted octanol–water partition coefficient (Wildman–Crippen LogP) is 2.32. The Morgan fingerprint density at radius 3 is 3.08 bits per heavy atom. The SMILES string of the molecule is CC(N)c1ccnc2sccc12. The number of hydrogen-bond acceptors (Lipinski definition) is 3. The number of pyridine rings is 1. The number of thiophene rings is 1. The van der Waals surface area contributed by atoms with E-state index in [0.29, 0.717) is 0 Å². The summed E-state index contributed by atoms with van der Waals surface area (Å²) in [6, 6.07) is 4.15. The van der Waals surface area contributed by atoms with Gasteiger partial charge in [0.15, 0.2) is 0 Å². The maximum Gasteiger partial charge on any atom is 0.123 e. The molecule has 3 heteroatoms. The lowest BCUT2D eigenvalue weighted by Gasteiger charge is -2.05. The van der Waals surface area contributed by atoms with Crippen LogP contribution in [0, 0.1) is 0 Å². The monoisotopic (exact) mass is 178 g/mol. The average Bonchev–Trinajstić information content (AvgIpc) is 2.49. The minimum absolute atomic E-state index is 0.0881. The Kier molecular flexibility index (Phi) is 1.83. The van der Waals surface area contributed by atoms with Crippen molar-refractivity contribution in [2.75, 3.05) is 0 Å². The molecule has 2 rings (SSSR count). The van der Waals surface area contributed by atoms with Crippen LogP contribution in [-0.2, 0) is 0 Å².